The first kappa shape index (κ1) is 17.9. The van der Waals surface area contributed by atoms with Gasteiger partial charge >= 0.3 is 0 Å². The first-order valence-electron chi connectivity index (χ1n) is 8.03. The molecule has 10 heteroatoms. The molecule has 0 atom stereocenters. The van der Waals surface area contributed by atoms with Gasteiger partial charge in [-0.3, -0.25) is 19.3 Å². The number of benzene rings is 2. The lowest BCUT2D eigenvalue weighted by atomic mass is 10.2. The van der Waals surface area contributed by atoms with Crippen LogP contribution in [-0.2, 0) is 9.59 Å². The standard InChI is InChI=1S/C18H11FN4O4S/c19-11-6-4-10(5-7-11)8-14-17(25)23(18(26)28-14)9-15(24)20-12-2-1-3-13-16(12)22-27-21-13/h1-8H,9H2,(H,20,24)/b14-8-. The minimum Gasteiger partial charge on any atom is -0.322 e. The molecule has 1 aliphatic rings. The number of aromatic nitrogens is 2. The number of nitrogens with one attached hydrogen (secondary N) is 1. The summed E-state index contributed by atoms with van der Waals surface area (Å²) >= 11 is 0.720. The molecule has 0 spiro atoms. The minimum absolute atomic E-state index is 0.159. The lowest BCUT2D eigenvalue weighted by Crippen LogP contribution is -2.36. The highest BCUT2D eigenvalue weighted by molar-refractivity contribution is 8.18. The predicted molar refractivity (Wildman–Crippen MR) is 99.5 cm³/mol. The highest BCUT2D eigenvalue weighted by Crippen LogP contribution is 2.32. The number of hydrogen-bond acceptors (Lipinski definition) is 7. The van der Waals surface area contributed by atoms with E-state index in [9.17, 15) is 18.8 Å². The Morgan fingerprint density at radius 3 is 2.75 bits per heavy atom. The van der Waals surface area contributed by atoms with Gasteiger partial charge < -0.3 is 5.32 Å². The zero-order valence-corrected chi connectivity index (χ0v) is 14.9. The molecule has 0 aliphatic carbocycles. The number of imide groups is 1. The van der Waals surface area contributed by atoms with E-state index in [0.717, 1.165) is 16.7 Å². The van der Waals surface area contributed by atoms with E-state index in [1.807, 2.05) is 0 Å². The van der Waals surface area contributed by atoms with Gasteiger partial charge in [-0.15, -0.1) is 0 Å². The lowest BCUT2D eigenvalue weighted by Gasteiger charge is -2.12. The van der Waals surface area contributed by atoms with E-state index in [4.69, 9.17) is 0 Å². The molecule has 2 heterocycles. The number of halogens is 1. The second-order valence-corrected chi connectivity index (χ2v) is 6.80. The summed E-state index contributed by atoms with van der Waals surface area (Å²) in [5.74, 6) is -1.56. The summed E-state index contributed by atoms with van der Waals surface area (Å²) in [7, 11) is 0. The normalized spacial score (nSPS) is 15.6. The van der Waals surface area contributed by atoms with Gasteiger partial charge in [-0.1, -0.05) is 18.2 Å². The van der Waals surface area contributed by atoms with Crippen molar-refractivity contribution in [2.45, 2.75) is 0 Å². The molecule has 1 saturated heterocycles. The summed E-state index contributed by atoms with van der Waals surface area (Å²) in [6.07, 6.45) is 1.48. The molecule has 8 nitrogen and oxygen atoms in total. The summed E-state index contributed by atoms with van der Waals surface area (Å²) in [4.78, 5) is 37.9. The summed E-state index contributed by atoms with van der Waals surface area (Å²) in [6.45, 7) is -0.451. The number of amides is 3. The quantitative estimate of drug-likeness (QED) is 0.674. The van der Waals surface area contributed by atoms with E-state index >= 15 is 0 Å². The van der Waals surface area contributed by atoms with Gasteiger partial charge in [0.05, 0.1) is 10.6 Å². The fourth-order valence-corrected chi connectivity index (χ4v) is 3.43. The molecule has 1 N–H and O–H groups in total. The van der Waals surface area contributed by atoms with Gasteiger partial charge in [0.15, 0.2) is 5.52 Å². The SMILES string of the molecule is O=C(CN1C(=O)S/C(=C\c2ccc(F)cc2)C1=O)Nc1cccc2nonc12. The Hall–Kier alpha value is -3.53. The van der Waals surface area contributed by atoms with Crippen molar-refractivity contribution in [2.24, 2.45) is 0 Å². The van der Waals surface area contributed by atoms with Crippen molar-refractivity contribution in [3.8, 4) is 0 Å². The maximum atomic E-state index is 13.0. The molecule has 140 valence electrons. The van der Waals surface area contributed by atoms with Crippen molar-refractivity contribution in [3.05, 3.63) is 58.8 Å². The molecule has 28 heavy (non-hydrogen) atoms. The molecule has 1 aliphatic heterocycles. The van der Waals surface area contributed by atoms with Crippen LogP contribution < -0.4 is 5.32 Å². The number of carbonyl (C=O) groups excluding carboxylic acids is 3. The maximum absolute atomic E-state index is 13.0. The number of nitrogens with zero attached hydrogens (tertiary/aromatic N) is 3. The van der Waals surface area contributed by atoms with Crippen molar-refractivity contribution in [2.75, 3.05) is 11.9 Å². The van der Waals surface area contributed by atoms with Gasteiger partial charge in [0.2, 0.25) is 5.91 Å². The smallest absolute Gasteiger partial charge is 0.294 e. The molecule has 3 aromatic rings. The largest absolute Gasteiger partial charge is 0.322 e. The first-order valence-corrected chi connectivity index (χ1v) is 8.85. The van der Waals surface area contributed by atoms with E-state index in [1.54, 1.807) is 18.2 Å². The average molecular weight is 398 g/mol. The van der Waals surface area contributed by atoms with Gasteiger partial charge in [0, 0.05) is 0 Å². The molecular formula is C18H11FN4O4S. The van der Waals surface area contributed by atoms with E-state index in [0.29, 0.717) is 22.3 Å². The van der Waals surface area contributed by atoms with Crippen molar-refractivity contribution < 1.29 is 23.4 Å². The number of carbonyl (C=O) groups is 3. The van der Waals surface area contributed by atoms with Crippen LogP contribution in [0.5, 0.6) is 0 Å². The van der Waals surface area contributed by atoms with Crippen LogP contribution in [0.3, 0.4) is 0 Å². The van der Waals surface area contributed by atoms with Gasteiger partial charge in [-0.05, 0) is 58.0 Å². The zero-order valence-electron chi connectivity index (χ0n) is 14.1. The van der Waals surface area contributed by atoms with Crippen LogP contribution >= 0.6 is 11.8 Å². The summed E-state index contributed by atoms with van der Waals surface area (Å²) < 4.78 is 17.6. The van der Waals surface area contributed by atoms with Gasteiger partial charge in [-0.25, -0.2) is 9.02 Å². The van der Waals surface area contributed by atoms with Crippen LogP contribution in [0.1, 0.15) is 5.56 Å². The third kappa shape index (κ3) is 3.49. The number of fused-ring (bicyclic) bond motifs is 1. The topological polar surface area (TPSA) is 105 Å². The van der Waals surface area contributed by atoms with Crippen LogP contribution in [0, 0.1) is 5.82 Å². The van der Waals surface area contributed by atoms with Crippen LogP contribution in [0.25, 0.3) is 17.1 Å². The lowest BCUT2D eigenvalue weighted by molar-refractivity contribution is -0.127. The van der Waals surface area contributed by atoms with Crippen molar-refractivity contribution in [3.63, 3.8) is 0 Å². The molecule has 4 rings (SSSR count). The maximum Gasteiger partial charge on any atom is 0.294 e. The van der Waals surface area contributed by atoms with Crippen LogP contribution in [0.4, 0.5) is 14.9 Å². The molecule has 0 unspecified atom stereocenters. The molecule has 3 amide bonds. The minimum atomic E-state index is -0.587. The Bertz CT molecular complexity index is 1130. The third-order valence-electron chi connectivity index (χ3n) is 3.90. The van der Waals surface area contributed by atoms with Crippen molar-refractivity contribution in [1.82, 2.24) is 15.2 Å². The number of thioether (sulfide) groups is 1. The van der Waals surface area contributed by atoms with Gasteiger partial charge in [0.25, 0.3) is 11.1 Å². The molecule has 2 aromatic carbocycles. The predicted octanol–water partition coefficient (Wildman–Crippen LogP) is 3.04. The fourth-order valence-electron chi connectivity index (χ4n) is 2.59. The molecule has 0 radical (unpaired) electrons. The van der Waals surface area contributed by atoms with E-state index in [1.165, 1.54) is 30.3 Å². The van der Waals surface area contributed by atoms with E-state index in [2.05, 4.69) is 20.3 Å². The molecule has 1 fully saturated rings. The first-order chi connectivity index (χ1) is 13.5. The monoisotopic (exact) mass is 398 g/mol. The number of rotatable bonds is 4. The molecular weight excluding hydrogens is 387 g/mol. The molecule has 0 saturated carbocycles. The summed E-state index contributed by atoms with van der Waals surface area (Å²) in [5, 5.41) is 9.42. The molecule has 0 bridgehead atoms. The number of anilines is 1. The van der Waals surface area contributed by atoms with E-state index in [-0.39, 0.29) is 4.91 Å². The average Bonchev–Trinajstić information content (AvgIpc) is 3.25. The Labute approximate surface area is 161 Å². The second kappa shape index (κ2) is 7.24. The van der Waals surface area contributed by atoms with E-state index < -0.39 is 29.4 Å². The van der Waals surface area contributed by atoms with Crippen molar-refractivity contribution in [1.29, 1.82) is 0 Å². The summed E-state index contributed by atoms with van der Waals surface area (Å²) in [6, 6.07) is 10.4. The highest BCUT2D eigenvalue weighted by atomic mass is 32.2. The Balaban J connectivity index is 1.48. The third-order valence-corrected chi connectivity index (χ3v) is 4.81. The Kier molecular flexibility index (Phi) is 4.62. The molecule has 1 aromatic heterocycles. The second-order valence-electron chi connectivity index (χ2n) is 5.81. The zero-order chi connectivity index (χ0) is 19.7. The fraction of sp³-hybridized carbons (Fsp3) is 0.0556. The van der Waals surface area contributed by atoms with Gasteiger partial charge in [-0.2, -0.15) is 0 Å². The van der Waals surface area contributed by atoms with Crippen LogP contribution in [0.2, 0.25) is 0 Å². The highest BCUT2D eigenvalue weighted by Gasteiger charge is 2.36. The van der Waals surface area contributed by atoms with Crippen molar-refractivity contribution >= 4 is 51.6 Å². The van der Waals surface area contributed by atoms with Crippen LogP contribution in [-0.4, -0.2) is 38.8 Å². The summed E-state index contributed by atoms with van der Waals surface area (Å²) in [5.41, 5.74) is 1.76. The Morgan fingerprint density at radius 1 is 1.18 bits per heavy atom. The Morgan fingerprint density at radius 2 is 1.96 bits per heavy atom. The number of hydrogen-bond donors (Lipinski definition) is 1. The van der Waals surface area contributed by atoms with Gasteiger partial charge in [0.1, 0.15) is 17.9 Å². The van der Waals surface area contributed by atoms with Crippen LogP contribution in [0.15, 0.2) is 52.0 Å².